The number of aromatic nitrogens is 10. The molecular weight excluding hydrogens is 685 g/mol. The van der Waals surface area contributed by atoms with Gasteiger partial charge in [-0.05, 0) is 110 Å². The normalized spacial score (nSPS) is 15.0. The minimum atomic E-state index is -0.187. The molecule has 4 aromatic heterocycles. The number of benzene rings is 4. The number of ether oxygens (including phenoxy) is 2. The first-order valence-corrected chi connectivity index (χ1v) is 17.4. The monoisotopic (exact) mass is 718 g/mol. The summed E-state index contributed by atoms with van der Waals surface area (Å²) in [6.45, 7) is 0. The Morgan fingerprint density at radius 2 is 1.02 bits per heavy atom. The van der Waals surface area contributed by atoms with Crippen LogP contribution in [-0.4, -0.2) is 74.0 Å². The van der Waals surface area contributed by atoms with Crippen molar-refractivity contribution in [1.82, 2.24) is 49.6 Å². The molecule has 54 heavy (non-hydrogen) atoms. The zero-order valence-electron chi connectivity index (χ0n) is 29.4. The van der Waals surface area contributed by atoms with E-state index in [1.54, 1.807) is 72.0 Å². The number of aromatic hydroxyl groups is 2. The summed E-state index contributed by atoms with van der Waals surface area (Å²) in [5.74, 6) is 4.65. The molecule has 8 aromatic rings. The molecule has 2 aliphatic carbocycles. The van der Waals surface area contributed by atoms with Gasteiger partial charge in [0.2, 0.25) is 0 Å². The Labute approximate surface area is 308 Å². The Balaban J connectivity index is 0.000000142. The highest BCUT2D eigenvalue weighted by Gasteiger charge is 2.51. The molecule has 4 aromatic carbocycles. The number of rotatable bonds is 8. The summed E-state index contributed by atoms with van der Waals surface area (Å²) >= 11 is 0. The van der Waals surface area contributed by atoms with Crippen molar-refractivity contribution in [2.24, 2.45) is 0 Å². The van der Waals surface area contributed by atoms with Crippen LogP contribution in [0.4, 0.5) is 0 Å². The zero-order valence-corrected chi connectivity index (χ0v) is 29.4. The lowest BCUT2D eigenvalue weighted by molar-refractivity contribution is 0.414. The molecule has 0 radical (unpaired) electrons. The summed E-state index contributed by atoms with van der Waals surface area (Å²) in [5.41, 5.74) is 5.13. The van der Waals surface area contributed by atoms with Gasteiger partial charge in [-0.25, -0.2) is 9.97 Å². The van der Waals surface area contributed by atoms with Crippen LogP contribution in [-0.2, 0) is 10.8 Å². The number of methoxy groups -OCH3 is 2. The molecule has 4 heterocycles. The lowest BCUT2D eigenvalue weighted by atomic mass is 9.95. The third kappa shape index (κ3) is 5.77. The molecule has 14 heteroatoms. The lowest BCUT2D eigenvalue weighted by Crippen LogP contribution is -2.15. The molecule has 0 spiro atoms. The van der Waals surface area contributed by atoms with Crippen LogP contribution in [0, 0.1) is 0 Å². The first-order valence-electron chi connectivity index (χ1n) is 17.4. The third-order valence-corrected chi connectivity index (χ3v) is 10.2. The lowest BCUT2D eigenvalue weighted by Gasteiger charge is -2.14. The molecule has 14 nitrogen and oxygen atoms in total. The molecule has 10 rings (SSSR count). The second-order valence-corrected chi connectivity index (χ2v) is 13.5. The van der Waals surface area contributed by atoms with Gasteiger partial charge in [0.05, 0.1) is 43.1 Å². The Kier molecular flexibility index (Phi) is 7.87. The molecule has 0 bridgehead atoms. The molecule has 268 valence electrons. The smallest absolute Gasteiger partial charge is 0.272 e. The number of phenolic OH excluding ortho intramolecular Hbond substituents is 2. The van der Waals surface area contributed by atoms with Crippen LogP contribution in [0.3, 0.4) is 0 Å². The highest BCUT2D eigenvalue weighted by molar-refractivity contribution is 5.61. The van der Waals surface area contributed by atoms with E-state index in [1.807, 2.05) is 36.4 Å². The first-order chi connectivity index (χ1) is 26.4. The molecule has 0 saturated heterocycles. The maximum absolute atomic E-state index is 9.49. The summed E-state index contributed by atoms with van der Waals surface area (Å²) in [6, 6.07) is 29.9. The van der Waals surface area contributed by atoms with E-state index in [2.05, 4.69) is 59.7 Å². The van der Waals surface area contributed by atoms with Gasteiger partial charge in [0.1, 0.15) is 28.7 Å². The number of fused-ring (bicyclic) bond motifs is 2. The highest BCUT2D eigenvalue weighted by atomic mass is 16.5. The zero-order chi connectivity index (χ0) is 36.9. The van der Waals surface area contributed by atoms with Crippen molar-refractivity contribution < 1.29 is 19.7 Å². The van der Waals surface area contributed by atoms with Gasteiger partial charge in [-0.3, -0.25) is 0 Å². The number of hydrogen-bond acceptors (Lipinski definition) is 12. The Hall–Kier alpha value is -6.96. The van der Waals surface area contributed by atoms with Crippen molar-refractivity contribution in [3.05, 3.63) is 132 Å². The summed E-state index contributed by atoms with van der Waals surface area (Å²) in [5, 5.41) is 45.5. The Bertz CT molecular complexity index is 2600. The van der Waals surface area contributed by atoms with Gasteiger partial charge in [-0.1, -0.05) is 24.3 Å². The molecule has 2 saturated carbocycles. The summed E-state index contributed by atoms with van der Waals surface area (Å²) in [7, 11) is 3.32. The van der Waals surface area contributed by atoms with Gasteiger partial charge in [0.25, 0.3) is 11.6 Å². The molecule has 2 aliphatic rings. The maximum Gasteiger partial charge on any atom is 0.272 e. The topological polar surface area (TPSA) is 171 Å². The summed E-state index contributed by atoms with van der Waals surface area (Å²) in [4.78, 5) is 8.99. The van der Waals surface area contributed by atoms with Gasteiger partial charge in [0.15, 0.2) is 11.6 Å². The Morgan fingerprint density at radius 3 is 1.52 bits per heavy atom. The number of nitrogens with zero attached hydrogens (tertiary/aromatic N) is 10. The van der Waals surface area contributed by atoms with E-state index in [1.165, 1.54) is 11.1 Å². The number of hydrogen-bond donors (Lipinski definition) is 2. The van der Waals surface area contributed by atoms with Crippen molar-refractivity contribution >= 4 is 11.6 Å². The highest BCUT2D eigenvalue weighted by Crippen LogP contribution is 2.53. The van der Waals surface area contributed by atoms with Crippen LogP contribution in [0.25, 0.3) is 34.1 Å². The SMILES string of the molecule is COc1ccc(C2(c3nnc4nc(-c5ccc(O)cc5)cnn34)CC2)cc1.COc1ccc(C2(c3nnc4ncc(-c5ccc(O)cc5)nn34)CC2)cc1. The Morgan fingerprint density at radius 1 is 0.537 bits per heavy atom. The first kappa shape index (κ1) is 32.9. The van der Waals surface area contributed by atoms with Crippen LogP contribution in [0.5, 0.6) is 23.0 Å². The molecule has 0 unspecified atom stereocenters. The van der Waals surface area contributed by atoms with Crippen LogP contribution >= 0.6 is 0 Å². The van der Waals surface area contributed by atoms with Crippen molar-refractivity contribution in [3.63, 3.8) is 0 Å². The molecule has 0 atom stereocenters. The average molecular weight is 719 g/mol. The van der Waals surface area contributed by atoms with Crippen molar-refractivity contribution in [3.8, 4) is 45.5 Å². The number of phenols is 2. The summed E-state index contributed by atoms with van der Waals surface area (Å²) in [6.07, 6.45) is 7.36. The van der Waals surface area contributed by atoms with Crippen molar-refractivity contribution in [1.29, 1.82) is 0 Å². The fraction of sp³-hybridized carbons (Fsp3) is 0.200. The fourth-order valence-electron chi connectivity index (χ4n) is 6.88. The van der Waals surface area contributed by atoms with Gasteiger partial charge in [-0.15, -0.1) is 20.4 Å². The van der Waals surface area contributed by atoms with Crippen molar-refractivity contribution in [2.45, 2.75) is 36.5 Å². The van der Waals surface area contributed by atoms with E-state index in [-0.39, 0.29) is 22.3 Å². The van der Waals surface area contributed by atoms with E-state index in [0.717, 1.165) is 60.0 Å². The third-order valence-electron chi connectivity index (χ3n) is 10.2. The predicted molar refractivity (Wildman–Crippen MR) is 197 cm³/mol. The predicted octanol–water partition coefficient (Wildman–Crippen LogP) is 5.96. The van der Waals surface area contributed by atoms with E-state index < -0.39 is 0 Å². The molecule has 2 fully saturated rings. The van der Waals surface area contributed by atoms with E-state index in [9.17, 15) is 10.2 Å². The van der Waals surface area contributed by atoms with Crippen molar-refractivity contribution in [2.75, 3.05) is 14.2 Å². The van der Waals surface area contributed by atoms with Crippen LogP contribution in [0.2, 0.25) is 0 Å². The molecule has 0 aliphatic heterocycles. The van der Waals surface area contributed by atoms with Gasteiger partial charge < -0.3 is 19.7 Å². The van der Waals surface area contributed by atoms with E-state index >= 15 is 0 Å². The minimum Gasteiger partial charge on any atom is -0.508 e. The van der Waals surface area contributed by atoms with E-state index in [0.29, 0.717) is 22.9 Å². The fourth-order valence-corrected chi connectivity index (χ4v) is 6.88. The van der Waals surface area contributed by atoms with Crippen LogP contribution in [0.15, 0.2) is 109 Å². The maximum atomic E-state index is 9.49. The quantitative estimate of drug-likeness (QED) is 0.189. The largest absolute Gasteiger partial charge is 0.508 e. The van der Waals surface area contributed by atoms with Gasteiger partial charge in [0, 0.05) is 11.1 Å². The second-order valence-electron chi connectivity index (χ2n) is 13.5. The van der Waals surface area contributed by atoms with Crippen LogP contribution < -0.4 is 9.47 Å². The van der Waals surface area contributed by atoms with Gasteiger partial charge >= 0.3 is 0 Å². The summed E-state index contributed by atoms with van der Waals surface area (Å²) < 4.78 is 14.0. The average Bonchev–Trinajstić information content (AvgIpc) is 4.13. The molecular formula is C40H34N10O4. The van der Waals surface area contributed by atoms with E-state index in [4.69, 9.17) is 14.6 Å². The van der Waals surface area contributed by atoms with Crippen LogP contribution in [0.1, 0.15) is 48.5 Å². The molecule has 0 amide bonds. The van der Waals surface area contributed by atoms with Gasteiger partial charge in [-0.2, -0.15) is 19.2 Å². The standard InChI is InChI=1S/2C20H17N5O2/c1-27-16-8-4-14(5-9-16)20(10-11-20)18-23-24-19-22-17(12-21-25(18)19)13-2-6-15(26)7-3-13;1-27-16-8-4-14(5-9-16)20(10-11-20)18-22-23-19-21-12-17(24-25(18)19)13-2-6-15(26)7-3-13/h2*2-9,12,26H,10-11H2,1H3. The molecule has 2 N–H and O–H groups in total. The minimum absolute atomic E-state index is 0.166. The second kappa shape index (κ2) is 12.9.